The van der Waals surface area contributed by atoms with Crippen LogP contribution in [-0.2, 0) is 19.4 Å². The summed E-state index contributed by atoms with van der Waals surface area (Å²) in [4.78, 5) is 0. The van der Waals surface area contributed by atoms with E-state index in [1.807, 2.05) is 19.9 Å². The topological polar surface area (TPSA) is 40.8 Å². The van der Waals surface area contributed by atoms with E-state index in [0.29, 0.717) is 13.2 Å². The first-order valence-corrected chi connectivity index (χ1v) is 14.2. The van der Waals surface area contributed by atoms with Crippen LogP contribution in [0.5, 0.6) is 23.0 Å². The Hall–Kier alpha value is -2.95. The second-order valence-electron chi connectivity index (χ2n) is 9.86. The van der Waals surface area contributed by atoms with Gasteiger partial charge in [0, 0.05) is 17.4 Å². The molecule has 2 aromatic carbocycles. The Labute approximate surface area is 222 Å². The molecule has 0 unspecified atom stereocenters. The quantitative estimate of drug-likeness (QED) is 0.168. The van der Waals surface area contributed by atoms with Crippen LogP contribution in [-0.4, -0.2) is 27.4 Å². The summed E-state index contributed by atoms with van der Waals surface area (Å²) in [5.41, 5.74) is 5.27. The molecule has 3 aromatic rings. The van der Waals surface area contributed by atoms with Crippen LogP contribution < -0.4 is 23.5 Å². The van der Waals surface area contributed by atoms with Crippen LogP contribution in [0.3, 0.4) is 0 Å². The van der Waals surface area contributed by atoms with Gasteiger partial charge in [-0.1, -0.05) is 45.4 Å². The minimum Gasteiger partial charge on any atom is -0.493 e. The molecule has 0 saturated heterocycles. The van der Waals surface area contributed by atoms with Crippen LogP contribution in [0.25, 0.3) is 22.0 Å². The molecule has 0 atom stereocenters. The van der Waals surface area contributed by atoms with Crippen LogP contribution in [0.15, 0.2) is 30.5 Å². The highest BCUT2D eigenvalue weighted by molar-refractivity contribution is 5.95. The van der Waals surface area contributed by atoms with Gasteiger partial charge in [0.1, 0.15) is 0 Å². The maximum absolute atomic E-state index is 6.04. The average Bonchev–Trinajstić information content (AvgIpc) is 2.91. The Morgan fingerprint density at radius 2 is 1.46 bits per heavy atom. The number of fused-ring (bicyclic) bond motifs is 4. The fourth-order valence-electron chi connectivity index (χ4n) is 5.68. The summed E-state index contributed by atoms with van der Waals surface area (Å²) in [6.45, 7) is 8.48. The molecule has 1 aliphatic heterocycles. The van der Waals surface area contributed by atoms with Gasteiger partial charge in [0.2, 0.25) is 5.69 Å². The van der Waals surface area contributed by atoms with Crippen LogP contribution in [0.4, 0.5) is 0 Å². The Balaban J connectivity index is 1.81. The first kappa shape index (κ1) is 27.1. The van der Waals surface area contributed by atoms with E-state index in [0.717, 1.165) is 47.8 Å². The number of hydrogen-bond donors (Lipinski definition) is 0. The Kier molecular flexibility index (Phi) is 9.54. The van der Waals surface area contributed by atoms with Gasteiger partial charge < -0.3 is 18.9 Å². The molecule has 0 saturated carbocycles. The first-order valence-electron chi connectivity index (χ1n) is 14.2. The van der Waals surface area contributed by atoms with Gasteiger partial charge in [-0.3, -0.25) is 0 Å². The number of aromatic nitrogens is 1. The van der Waals surface area contributed by atoms with Gasteiger partial charge in [-0.05, 0) is 56.5 Å². The van der Waals surface area contributed by atoms with E-state index < -0.39 is 0 Å². The van der Waals surface area contributed by atoms with Crippen molar-refractivity contribution in [2.45, 2.75) is 85.1 Å². The lowest BCUT2D eigenvalue weighted by Crippen LogP contribution is -2.41. The molecular formula is C32H44NO4+. The smallest absolute Gasteiger partial charge is 0.216 e. The summed E-state index contributed by atoms with van der Waals surface area (Å²) in [7, 11) is 3.44. The first-order chi connectivity index (χ1) is 18.2. The summed E-state index contributed by atoms with van der Waals surface area (Å²) in [6, 6.07) is 8.65. The number of nitrogens with zero attached hydrogens (tertiary/aromatic N) is 1. The number of aryl methyl sites for hydroxylation is 3. The normalized spacial score (nSPS) is 12.2. The Bertz CT molecular complexity index is 1200. The molecule has 0 spiro atoms. The number of pyridine rings is 1. The fraction of sp³-hybridized carbons (Fsp3) is 0.531. The van der Waals surface area contributed by atoms with Crippen LogP contribution >= 0.6 is 0 Å². The minimum absolute atomic E-state index is 0.610. The highest BCUT2D eigenvalue weighted by Gasteiger charge is 2.31. The van der Waals surface area contributed by atoms with E-state index in [1.54, 1.807) is 14.2 Å². The van der Waals surface area contributed by atoms with Gasteiger partial charge in [-0.15, -0.1) is 0 Å². The number of rotatable bonds is 14. The zero-order valence-corrected chi connectivity index (χ0v) is 23.5. The van der Waals surface area contributed by atoms with E-state index in [4.69, 9.17) is 18.9 Å². The van der Waals surface area contributed by atoms with Crippen molar-refractivity contribution in [3.8, 4) is 34.3 Å². The maximum Gasteiger partial charge on any atom is 0.216 e. The van der Waals surface area contributed by atoms with Crippen molar-refractivity contribution in [3.05, 3.63) is 41.6 Å². The van der Waals surface area contributed by atoms with Crippen molar-refractivity contribution in [2.75, 3.05) is 27.4 Å². The van der Waals surface area contributed by atoms with E-state index in [-0.39, 0.29) is 0 Å². The molecule has 37 heavy (non-hydrogen) atoms. The molecule has 1 aromatic heterocycles. The predicted molar refractivity (Wildman–Crippen MR) is 150 cm³/mol. The van der Waals surface area contributed by atoms with Gasteiger partial charge in [0.05, 0.1) is 38.4 Å². The fourth-order valence-corrected chi connectivity index (χ4v) is 5.68. The Morgan fingerprint density at radius 3 is 2.14 bits per heavy atom. The highest BCUT2D eigenvalue weighted by Crippen LogP contribution is 2.43. The van der Waals surface area contributed by atoms with Crippen molar-refractivity contribution >= 4 is 10.8 Å². The summed E-state index contributed by atoms with van der Waals surface area (Å²) in [5, 5.41) is 2.36. The van der Waals surface area contributed by atoms with Crippen molar-refractivity contribution in [1.29, 1.82) is 0 Å². The SMILES string of the molecule is CCCCCCCCCc1c2[n+](cc3c(OC)c(OC)ccc13)CCc1cc(OCC)c(OCC)cc1-2. The third kappa shape index (κ3) is 5.81. The predicted octanol–water partition coefficient (Wildman–Crippen LogP) is 7.46. The second-order valence-corrected chi connectivity index (χ2v) is 9.86. The minimum atomic E-state index is 0.610. The van der Waals surface area contributed by atoms with Crippen LogP contribution in [0.1, 0.15) is 76.8 Å². The number of hydrogen-bond acceptors (Lipinski definition) is 4. The molecule has 0 N–H and O–H groups in total. The van der Waals surface area contributed by atoms with E-state index in [1.165, 1.54) is 72.7 Å². The van der Waals surface area contributed by atoms with Gasteiger partial charge in [0.15, 0.2) is 35.7 Å². The maximum atomic E-state index is 6.04. The lowest BCUT2D eigenvalue weighted by molar-refractivity contribution is -0.686. The molecule has 200 valence electrons. The summed E-state index contributed by atoms with van der Waals surface area (Å²) < 4.78 is 25.9. The van der Waals surface area contributed by atoms with Crippen LogP contribution in [0.2, 0.25) is 0 Å². The highest BCUT2D eigenvalue weighted by atomic mass is 16.5. The molecule has 0 fully saturated rings. The van der Waals surface area contributed by atoms with Crippen molar-refractivity contribution in [2.24, 2.45) is 0 Å². The van der Waals surface area contributed by atoms with Gasteiger partial charge in [-0.2, -0.15) is 4.57 Å². The van der Waals surface area contributed by atoms with Gasteiger partial charge in [0.25, 0.3) is 0 Å². The van der Waals surface area contributed by atoms with Gasteiger partial charge >= 0.3 is 0 Å². The molecule has 0 amide bonds. The van der Waals surface area contributed by atoms with Crippen molar-refractivity contribution in [3.63, 3.8) is 0 Å². The third-order valence-electron chi connectivity index (χ3n) is 7.44. The lowest BCUT2D eigenvalue weighted by Gasteiger charge is -2.22. The third-order valence-corrected chi connectivity index (χ3v) is 7.44. The summed E-state index contributed by atoms with van der Waals surface area (Å²) in [6.07, 6.45) is 13.3. The Morgan fingerprint density at radius 1 is 0.757 bits per heavy atom. The number of unbranched alkanes of at least 4 members (excludes halogenated alkanes) is 6. The number of benzene rings is 2. The molecule has 5 nitrogen and oxygen atoms in total. The molecule has 1 aliphatic rings. The van der Waals surface area contributed by atoms with Crippen LogP contribution in [0, 0.1) is 0 Å². The molecule has 5 heteroatoms. The molecular weight excluding hydrogens is 462 g/mol. The standard InChI is InChI=1S/C32H44NO4/c1-6-9-10-11-12-13-14-15-25-24-16-17-28(34-4)32(35-5)27(24)22-33-19-18-23-20-29(36-7-2)30(37-8-3)21-26(23)31(25)33/h16-17,20-22H,6-15,18-19H2,1-5H3/q+1. The summed E-state index contributed by atoms with van der Waals surface area (Å²) >= 11 is 0. The molecule has 0 aliphatic carbocycles. The number of ether oxygens (including phenoxy) is 4. The van der Waals surface area contributed by atoms with E-state index >= 15 is 0 Å². The molecule has 4 rings (SSSR count). The number of methoxy groups -OCH3 is 2. The van der Waals surface area contributed by atoms with Crippen molar-refractivity contribution in [1.82, 2.24) is 0 Å². The lowest BCUT2D eigenvalue weighted by atomic mass is 9.89. The zero-order chi connectivity index (χ0) is 26.2. The van der Waals surface area contributed by atoms with Crippen molar-refractivity contribution < 1.29 is 23.5 Å². The average molecular weight is 507 g/mol. The van der Waals surface area contributed by atoms with E-state index in [2.05, 4.69) is 35.9 Å². The zero-order valence-electron chi connectivity index (χ0n) is 23.5. The summed E-state index contributed by atoms with van der Waals surface area (Å²) in [5.74, 6) is 3.25. The second kappa shape index (κ2) is 13.0. The molecule has 0 radical (unpaired) electrons. The van der Waals surface area contributed by atoms with Gasteiger partial charge in [-0.25, -0.2) is 0 Å². The van der Waals surface area contributed by atoms with E-state index in [9.17, 15) is 0 Å². The molecule has 0 bridgehead atoms. The molecule has 2 heterocycles. The largest absolute Gasteiger partial charge is 0.493 e. The monoisotopic (exact) mass is 506 g/mol.